The zero-order valence-electron chi connectivity index (χ0n) is 19.6. The minimum absolute atomic E-state index is 0.0868. The lowest BCUT2D eigenvalue weighted by atomic mass is 9.97. The van der Waals surface area contributed by atoms with Gasteiger partial charge < -0.3 is 15.3 Å². The molecule has 0 spiro atoms. The summed E-state index contributed by atoms with van der Waals surface area (Å²) in [4.78, 5) is 30.7. The van der Waals surface area contributed by atoms with Crippen LogP contribution < -0.4 is 10.3 Å². The van der Waals surface area contributed by atoms with Gasteiger partial charge >= 0.3 is 0 Å². The summed E-state index contributed by atoms with van der Waals surface area (Å²) < 4.78 is 0. The summed E-state index contributed by atoms with van der Waals surface area (Å²) in [5.41, 5.74) is 1.72. The normalized spacial score (nSPS) is 24.3. The van der Waals surface area contributed by atoms with Gasteiger partial charge in [-0.05, 0) is 67.1 Å². The molecule has 0 radical (unpaired) electrons. The Morgan fingerprint density at radius 1 is 1.31 bits per heavy atom. The number of anilines is 2. The Hall–Kier alpha value is -2.48. The first-order chi connectivity index (χ1) is 15.1. The Morgan fingerprint density at radius 2 is 2.03 bits per heavy atom. The predicted molar refractivity (Wildman–Crippen MR) is 126 cm³/mol. The predicted octanol–water partition coefficient (Wildman–Crippen LogP) is 3.82. The molecule has 1 aromatic rings. The van der Waals surface area contributed by atoms with E-state index >= 15 is 0 Å². The highest BCUT2D eigenvalue weighted by Gasteiger charge is 2.46. The average molecular weight is 442 g/mol. The number of nitrogens with one attached hydrogen (secondary N) is 1. The summed E-state index contributed by atoms with van der Waals surface area (Å²) in [5.74, 6) is 1.06. The van der Waals surface area contributed by atoms with E-state index in [1.54, 1.807) is 7.05 Å². The van der Waals surface area contributed by atoms with E-state index in [9.17, 15) is 14.8 Å². The monoisotopic (exact) mass is 441 g/mol. The van der Waals surface area contributed by atoms with Crippen molar-refractivity contribution < 1.29 is 9.90 Å². The number of rotatable bonds is 6. The van der Waals surface area contributed by atoms with Crippen molar-refractivity contribution in [1.29, 1.82) is 0 Å². The van der Waals surface area contributed by atoms with Crippen LogP contribution in [-0.2, 0) is 4.79 Å². The van der Waals surface area contributed by atoms with Gasteiger partial charge in [-0.15, -0.1) is 4.91 Å². The third-order valence-electron chi connectivity index (χ3n) is 6.95. The van der Waals surface area contributed by atoms with Crippen LogP contribution in [0.25, 0.3) is 5.57 Å². The Kier molecular flexibility index (Phi) is 6.00. The first kappa shape index (κ1) is 22.7. The molecule has 1 aliphatic heterocycles. The lowest BCUT2D eigenvalue weighted by Crippen LogP contribution is -2.46. The fourth-order valence-corrected chi connectivity index (χ4v) is 5.14. The van der Waals surface area contributed by atoms with E-state index in [0.717, 1.165) is 42.8 Å². The molecule has 2 unspecified atom stereocenters. The number of carbonyl (C=O) groups excluding carboxylic acids is 1. The number of aromatic nitrogens is 1. The Morgan fingerprint density at radius 3 is 2.66 bits per heavy atom. The van der Waals surface area contributed by atoms with Crippen LogP contribution in [-0.4, -0.2) is 53.2 Å². The summed E-state index contributed by atoms with van der Waals surface area (Å²) in [6, 6.07) is 3.95. The fraction of sp³-hybridized carbons (Fsp3) is 0.667. The number of carbonyl (C=O) groups is 1. The molecule has 1 saturated heterocycles. The van der Waals surface area contributed by atoms with Crippen molar-refractivity contribution in [2.24, 2.45) is 22.5 Å². The summed E-state index contributed by atoms with van der Waals surface area (Å²) in [5, 5.41) is 18.4. The van der Waals surface area contributed by atoms with Crippen LogP contribution in [0.2, 0.25) is 0 Å². The molecule has 1 amide bonds. The number of hydrogen-bond acceptors (Lipinski definition) is 6. The van der Waals surface area contributed by atoms with Crippen LogP contribution in [0, 0.1) is 22.2 Å². The largest absolute Gasteiger partial charge is 0.381 e. The molecule has 2 atom stereocenters. The molecule has 8 nitrogen and oxygen atoms in total. The van der Waals surface area contributed by atoms with Gasteiger partial charge in [0.15, 0.2) is 5.82 Å². The van der Waals surface area contributed by atoms with Crippen molar-refractivity contribution in [3.63, 3.8) is 0 Å². The molecular weight excluding hydrogens is 406 g/mol. The third-order valence-corrected chi connectivity index (χ3v) is 6.95. The van der Waals surface area contributed by atoms with Gasteiger partial charge in [-0.3, -0.25) is 4.79 Å². The van der Waals surface area contributed by atoms with Crippen LogP contribution >= 0.6 is 0 Å². The molecule has 1 aromatic heterocycles. The van der Waals surface area contributed by atoms with Gasteiger partial charge in [-0.1, -0.05) is 26.8 Å². The molecule has 2 aliphatic carbocycles. The maximum absolute atomic E-state index is 12.9. The summed E-state index contributed by atoms with van der Waals surface area (Å²) in [6.45, 7) is 8.51. The van der Waals surface area contributed by atoms with E-state index in [2.05, 4.69) is 37.4 Å². The smallest absolute Gasteiger partial charge is 0.254 e. The van der Waals surface area contributed by atoms with Crippen LogP contribution in [0.15, 0.2) is 23.5 Å². The zero-order chi connectivity index (χ0) is 23.1. The van der Waals surface area contributed by atoms with Gasteiger partial charge in [-0.25, -0.2) is 9.99 Å². The Labute approximate surface area is 190 Å². The highest BCUT2D eigenvalue weighted by molar-refractivity contribution is 5.86. The summed E-state index contributed by atoms with van der Waals surface area (Å²) in [7, 11) is 1.61. The molecule has 8 heteroatoms. The van der Waals surface area contributed by atoms with Crippen LogP contribution in [0.5, 0.6) is 0 Å². The van der Waals surface area contributed by atoms with Crippen molar-refractivity contribution >= 4 is 23.0 Å². The molecule has 1 saturated carbocycles. The highest BCUT2D eigenvalue weighted by Crippen LogP contribution is 2.43. The van der Waals surface area contributed by atoms with Gasteiger partial charge in [-0.2, -0.15) is 0 Å². The molecule has 3 aliphatic rings. The van der Waals surface area contributed by atoms with Crippen molar-refractivity contribution in [3.8, 4) is 0 Å². The van der Waals surface area contributed by atoms with Gasteiger partial charge in [0.1, 0.15) is 5.60 Å². The number of hydrogen-bond donors (Lipinski definition) is 2. The maximum Gasteiger partial charge on any atom is 0.254 e. The van der Waals surface area contributed by atoms with E-state index in [1.807, 2.05) is 17.0 Å². The van der Waals surface area contributed by atoms with E-state index in [1.165, 1.54) is 5.01 Å². The van der Waals surface area contributed by atoms with Gasteiger partial charge in [0.2, 0.25) is 0 Å². The van der Waals surface area contributed by atoms with Crippen LogP contribution in [0.3, 0.4) is 0 Å². The molecule has 2 fully saturated rings. The number of likely N-dealkylation sites (tertiary alicyclic amines) is 1. The van der Waals surface area contributed by atoms with E-state index < -0.39 is 5.60 Å². The summed E-state index contributed by atoms with van der Waals surface area (Å²) in [6.07, 6.45) is 6.07. The molecule has 0 bridgehead atoms. The van der Waals surface area contributed by atoms with E-state index in [0.29, 0.717) is 37.7 Å². The van der Waals surface area contributed by atoms with Crippen molar-refractivity contribution in [1.82, 2.24) is 9.88 Å². The molecule has 174 valence electrons. The quantitative estimate of drug-likeness (QED) is 0.514. The molecule has 32 heavy (non-hydrogen) atoms. The fourth-order valence-electron chi connectivity index (χ4n) is 5.14. The third kappa shape index (κ3) is 4.51. The second-order valence-electron chi connectivity index (χ2n) is 10.9. The lowest BCUT2D eigenvalue weighted by molar-refractivity contribution is -0.149. The highest BCUT2D eigenvalue weighted by atomic mass is 16.3. The van der Waals surface area contributed by atoms with Crippen molar-refractivity contribution in [2.75, 3.05) is 37.0 Å². The molecule has 4 rings (SSSR count). The first-order valence-electron chi connectivity index (χ1n) is 11.6. The standard InChI is InChI=1S/C24H35N5O3/c1-23(2,3)15-25-20-8-7-19(26-21(20)28(4)27-32)16-11-17-13-29(14-18(17)12-16)22(30)24(31)9-5-6-10-24/h7-8,11,17-18,25,31H,5-6,9-10,12-15H2,1-4H3. The van der Waals surface area contributed by atoms with E-state index in [-0.39, 0.29) is 17.2 Å². The van der Waals surface area contributed by atoms with Gasteiger partial charge in [0, 0.05) is 26.7 Å². The SMILES string of the molecule is CN(N=O)c1nc(C2=CC3CN(C(=O)C4(O)CCCC4)CC3C2)ccc1NCC(C)(C)C. The molecule has 2 heterocycles. The van der Waals surface area contributed by atoms with Gasteiger partial charge in [0.05, 0.1) is 16.7 Å². The second kappa shape index (κ2) is 8.46. The number of nitrogens with zero attached hydrogens (tertiary/aromatic N) is 4. The van der Waals surface area contributed by atoms with Gasteiger partial charge in [0.25, 0.3) is 5.91 Å². The maximum atomic E-state index is 12.9. The van der Waals surface area contributed by atoms with Crippen LogP contribution in [0.4, 0.5) is 11.5 Å². The van der Waals surface area contributed by atoms with Crippen molar-refractivity contribution in [3.05, 3.63) is 28.8 Å². The molecule has 2 N–H and O–H groups in total. The number of aliphatic hydroxyl groups is 1. The topological polar surface area (TPSA) is 98.1 Å². The zero-order valence-corrected chi connectivity index (χ0v) is 19.6. The Bertz CT molecular complexity index is 917. The minimum Gasteiger partial charge on any atom is -0.381 e. The number of nitroso groups, excluding NO2 is 1. The Balaban J connectivity index is 1.49. The number of fused-ring (bicyclic) bond motifs is 1. The first-order valence-corrected chi connectivity index (χ1v) is 11.6. The number of allylic oxidation sites excluding steroid dienone is 1. The number of pyridine rings is 1. The minimum atomic E-state index is -1.15. The average Bonchev–Trinajstić information content (AvgIpc) is 3.45. The van der Waals surface area contributed by atoms with E-state index in [4.69, 9.17) is 4.98 Å². The van der Waals surface area contributed by atoms with Crippen molar-refractivity contribution in [2.45, 2.75) is 58.5 Å². The molecular formula is C24H35N5O3. The molecule has 0 aromatic carbocycles. The van der Waals surface area contributed by atoms with Crippen LogP contribution in [0.1, 0.15) is 58.6 Å². The number of amides is 1. The summed E-state index contributed by atoms with van der Waals surface area (Å²) >= 11 is 0. The second-order valence-corrected chi connectivity index (χ2v) is 10.9. The lowest BCUT2D eigenvalue weighted by Gasteiger charge is -2.28.